The van der Waals surface area contributed by atoms with Crippen molar-refractivity contribution in [3.63, 3.8) is 0 Å². The minimum atomic E-state index is 0.163. The van der Waals surface area contributed by atoms with Crippen LogP contribution in [0.25, 0.3) is 21.3 Å². The number of anilines is 1. The Balaban J connectivity index is 1.28. The number of carbonyl (C=O) groups excluding carboxylic acids is 1. The summed E-state index contributed by atoms with van der Waals surface area (Å²) >= 11 is 1.73. The van der Waals surface area contributed by atoms with E-state index >= 15 is 0 Å². The Hall–Kier alpha value is -2.47. The highest BCUT2D eigenvalue weighted by Crippen LogP contribution is 2.44. The summed E-state index contributed by atoms with van der Waals surface area (Å²) in [5, 5.41) is 3.43. The first-order chi connectivity index (χ1) is 16.3. The first-order valence-electron chi connectivity index (χ1n) is 12.7. The monoisotopic (exact) mass is 460 g/mol. The molecule has 3 fully saturated rings. The van der Waals surface area contributed by atoms with E-state index in [1.54, 1.807) is 11.3 Å². The highest BCUT2D eigenvalue weighted by molar-refractivity contribution is 7.17. The van der Waals surface area contributed by atoms with Gasteiger partial charge in [0, 0.05) is 49.0 Å². The molecule has 1 aromatic carbocycles. The topological polar surface area (TPSA) is 49.3 Å². The summed E-state index contributed by atoms with van der Waals surface area (Å²) in [4.78, 5) is 29.0. The van der Waals surface area contributed by atoms with Crippen molar-refractivity contribution in [1.82, 2.24) is 14.9 Å². The van der Waals surface area contributed by atoms with Crippen molar-refractivity contribution in [2.75, 3.05) is 31.1 Å². The molecule has 1 saturated carbocycles. The van der Waals surface area contributed by atoms with Gasteiger partial charge in [-0.15, -0.1) is 11.3 Å². The number of thiophene rings is 1. The van der Waals surface area contributed by atoms with Gasteiger partial charge >= 0.3 is 0 Å². The molecule has 0 bridgehead atoms. The van der Waals surface area contributed by atoms with Crippen molar-refractivity contribution in [2.45, 2.75) is 57.3 Å². The highest BCUT2D eigenvalue weighted by Gasteiger charge is 2.33. The molecule has 6 heteroatoms. The standard InChI is InChI=1S/C27H32N4OS/c32-27(31-14-6-1-2-7-15-31)21-12-16-30(17-13-21)25-23-22(19-8-4-3-5-9-19)18-33-26(23)29-24(28-25)20-10-11-20/h3-5,8-9,18,20-21H,1-2,6-7,10-17H2. The number of hydrogen-bond donors (Lipinski definition) is 0. The van der Waals surface area contributed by atoms with Gasteiger partial charge in [0.25, 0.3) is 0 Å². The Kier molecular flexibility index (Phi) is 5.78. The number of benzene rings is 1. The minimum absolute atomic E-state index is 0.163. The van der Waals surface area contributed by atoms with Crippen LogP contribution in [-0.2, 0) is 4.79 Å². The van der Waals surface area contributed by atoms with Crippen molar-refractivity contribution in [3.05, 3.63) is 41.5 Å². The zero-order valence-corrected chi connectivity index (χ0v) is 20.0. The number of piperidine rings is 1. The van der Waals surface area contributed by atoms with E-state index in [2.05, 4.69) is 45.5 Å². The molecule has 3 aromatic rings. The molecule has 0 unspecified atom stereocenters. The fraction of sp³-hybridized carbons (Fsp3) is 0.519. The number of rotatable bonds is 4. The number of fused-ring (bicyclic) bond motifs is 1. The van der Waals surface area contributed by atoms with Crippen molar-refractivity contribution in [1.29, 1.82) is 0 Å². The molecule has 172 valence electrons. The zero-order chi connectivity index (χ0) is 22.2. The lowest BCUT2D eigenvalue weighted by Gasteiger charge is -2.35. The Bertz CT molecular complexity index is 1120. The minimum Gasteiger partial charge on any atom is -0.356 e. The lowest BCUT2D eigenvalue weighted by atomic mass is 9.94. The van der Waals surface area contributed by atoms with Crippen molar-refractivity contribution in [3.8, 4) is 11.1 Å². The average Bonchev–Trinajstić information content (AvgIpc) is 3.68. The molecule has 3 aliphatic rings. The predicted molar refractivity (Wildman–Crippen MR) is 135 cm³/mol. The summed E-state index contributed by atoms with van der Waals surface area (Å²) in [5.41, 5.74) is 2.45. The predicted octanol–water partition coefficient (Wildman–Crippen LogP) is 5.85. The molecule has 1 aliphatic carbocycles. The van der Waals surface area contributed by atoms with Gasteiger partial charge in [-0.2, -0.15) is 0 Å². The second-order valence-corrected chi connectivity index (χ2v) is 10.7. The smallest absolute Gasteiger partial charge is 0.225 e. The Labute approximate surface area is 199 Å². The second kappa shape index (κ2) is 9.05. The fourth-order valence-corrected chi connectivity index (χ4v) is 6.36. The van der Waals surface area contributed by atoms with E-state index in [0.717, 1.165) is 68.3 Å². The normalized spacial score (nSPS) is 20.2. The molecule has 2 aromatic heterocycles. The van der Waals surface area contributed by atoms with Crippen LogP contribution in [0.15, 0.2) is 35.7 Å². The van der Waals surface area contributed by atoms with Crippen molar-refractivity contribution >= 4 is 33.3 Å². The van der Waals surface area contributed by atoms with Crippen LogP contribution in [0.1, 0.15) is 63.1 Å². The van der Waals surface area contributed by atoms with E-state index in [9.17, 15) is 4.79 Å². The maximum atomic E-state index is 13.2. The van der Waals surface area contributed by atoms with Crippen molar-refractivity contribution in [2.24, 2.45) is 5.92 Å². The highest BCUT2D eigenvalue weighted by atomic mass is 32.1. The fourth-order valence-electron chi connectivity index (χ4n) is 5.41. The third-order valence-corrected chi connectivity index (χ3v) is 8.39. The van der Waals surface area contributed by atoms with Crippen LogP contribution in [0.3, 0.4) is 0 Å². The van der Waals surface area contributed by atoms with Gasteiger partial charge in [-0.1, -0.05) is 43.2 Å². The number of hydrogen-bond acceptors (Lipinski definition) is 5. The summed E-state index contributed by atoms with van der Waals surface area (Å²) in [7, 11) is 0. The third-order valence-electron chi connectivity index (χ3n) is 7.52. The van der Waals surface area contributed by atoms with Crippen LogP contribution in [0, 0.1) is 5.92 Å². The number of likely N-dealkylation sites (tertiary alicyclic amines) is 1. The van der Waals surface area contributed by atoms with Gasteiger partial charge in [-0.3, -0.25) is 4.79 Å². The lowest BCUT2D eigenvalue weighted by molar-refractivity contribution is -0.136. The molecule has 0 spiro atoms. The third kappa shape index (κ3) is 4.25. The van der Waals surface area contributed by atoms with Crippen LogP contribution in [-0.4, -0.2) is 47.0 Å². The number of carbonyl (C=O) groups is 1. The molecule has 6 rings (SSSR count). The molecule has 0 N–H and O–H groups in total. The quantitative estimate of drug-likeness (QED) is 0.490. The van der Waals surface area contributed by atoms with Gasteiger partial charge in [0.2, 0.25) is 5.91 Å². The second-order valence-electron chi connectivity index (χ2n) is 9.88. The Morgan fingerprint density at radius 1 is 0.879 bits per heavy atom. The Morgan fingerprint density at radius 2 is 1.61 bits per heavy atom. The first-order valence-corrected chi connectivity index (χ1v) is 13.5. The van der Waals surface area contributed by atoms with Gasteiger partial charge in [0.05, 0.1) is 5.39 Å². The number of nitrogens with zero attached hydrogens (tertiary/aromatic N) is 4. The first kappa shape index (κ1) is 21.1. The van der Waals surface area contributed by atoms with Gasteiger partial charge in [0.15, 0.2) is 0 Å². The Morgan fingerprint density at radius 3 is 2.30 bits per heavy atom. The summed E-state index contributed by atoms with van der Waals surface area (Å²) in [6.07, 6.45) is 9.10. The zero-order valence-electron chi connectivity index (χ0n) is 19.2. The molecule has 33 heavy (non-hydrogen) atoms. The van der Waals surface area contributed by atoms with E-state index in [4.69, 9.17) is 9.97 Å². The van der Waals surface area contributed by atoms with Crippen LogP contribution < -0.4 is 4.90 Å². The summed E-state index contributed by atoms with van der Waals surface area (Å²) < 4.78 is 0. The molecular formula is C27H32N4OS. The van der Waals surface area contributed by atoms with E-state index < -0.39 is 0 Å². The molecule has 0 radical (unpaired) electrons. The molecule has 2 saturated heterocycles. The summed E-state index contributed by atoms with van der Waals surface area (Å²) in [5.74, 6) is 3.18. The molecule has 4 heterocycles. The van der Waals surface area contributed by atoms with Gasteiger partial charge in [-0.25, -0.2) is 9.97 Å². The molecular weight excluding hydrogens is 428 g/mol. The van der Waals surface area contributed by atoms with E-state index in [1.807, 2.05) is 0 Å². The average molecular weight is 461 g/mol. The lowest BCUT2D eigenvalue weighted by Crippen LogP contribution is -2.43. The largest absolute Gasteiger partial charge is 0.356 e. The van der Waals surface area contributed by atoms with E-state index in [1.165, 1.54) is 42.2 Å². The maximum absolute atomic E-state index is 13.2. The van der Waals surface area contributed by atoms with Gasteiger partial charge < -0.3 is 9.80 Å². The molecule has 5 nitrogen and oxygen atoms in total. The van der Waals surface area contributed by atoms with Gasteiger partial charge in [-0.05, 0) is 44.1 Å². The van der Waals surface area contributed by atoms with Crippen LogP contribution in [0.4, 0.5) is 5.82 Å². The SMILES string of the molecule is O=C(C1CCN(c2nc(C3CC3)nc3scc(-c4ccccc4)c23)CC1)N1CCCCCC1. The van der Waals surface area contributed by atoms with Crippen molar-refractivity contribution < 1.29 is 4.79 Å². The summed E-state index contributed by atoms with van der Waals surface area (Å²) in [6.45, 7) is 3.69. The summed E-state index contributed by atoms with van der Waals surface area (Å²) in [6, 6.07) is 10.6. The van der Waals surface area contributed by atoms with E-state index in [0.29, 0.717) is 11.8 Å². The van der Waals surface area contributed by atoms with E-state index in [-0.39, 0.29) is 5.92 Å². The molecule has 1 amide bonds. The molecule has 2 aliphatic heterocycles. The van der Waals surface area contributed by atoms with Crippen LogP contribution >= 0.6 is 11.3 Å². The van der Waals surface area contributed by atoms with Crippen LogP contribution in [0.2, 0.25) is 0 Å². The van der Waals surface area contributed by atoms with Crippen LogP contribution in [0.5, 0.6) is 0 Å². The molecule has 0 atom stereocenters. The maximum Gasteiger partial charge on any atom is 0.225 e. The van der Waals surface area contributed by atoms with Gasteiger partial charge in [0.1, 0.15) is 16.5 Å². The number of amides is 1. The number of aromatic nitrogens is 2.